The van der Waals surface area contributed by atoms with Gasteiger partial charge in [-0.15, -0.1) is 0 Å². The fraction of sp³-hybridized carbons (Fsp3) is 0. The Bertz CT molecular complexity index is 654. The lowest BCUT2D eigenvalue weighted by atomic mass is 10.0. The monoisotopic (exact) mass is 237 g/mol. The highest BCUT2D eigenvalue weighted by Gasteiger charge is 1.99. The zero-order valence-electron chi connectivity index (χ0n) is 9.15. The molecule has 3 aromatic carbocycles. The average Bonchev–Trinajstić information content (AvgIpc) is 2.39. The third-order valence-electron chi connectivity index (χ3n) is 2.81. The van der Waals surface area contributed by atoms with Crippen molar-refractivity contribution in [3.8, 4) is 11.1 Å². The Morgan fingerprint density at radius 1 is 0.765 bits per heavy atom. The molecule has 0 saturated heterocycles. The van der Waals surface area contributed by atoms with Gasteiger partial charge in [-0.05, 0) is 40.1 Å². The highest BCUT2D eigenvalue weighted by atomic mass is 35.5. The van der Waals surface area contributed by atoms with Gasteiger partial charge in [-0.1, -0.05) is 60.1 Å². The first-order chi connectivity index (χ1) is 8.33. The molecule has 0 spiro atoms. The molecular weight excluding hydrogens is 228 g/mol. The maximum atomic E-state index is 5.88. The van der Waals surface area contributed by atoms with E-state index in [0.29, 0.717) is 0 Å². The molecule has 0 aliphatic carbocycles. The fourth-order valence-corrected chi connectivity index (χ4v) is 2.04. The Morgan fingerprint density at radius 2 is 1.53 bits per heavy atom. The second-order valence-corrected chi connectivity index (χ2v) is 4.40. The summed E-state index contributed by atoms with van der Waals surface area (Å²) in [7, 11) is 0. The molecule has 0 amide bonds. The maximum Gasteiger partial charge on any atom is 0.0406 e. The van der Waals surface area contributed by atoms with Crippen LogP contribution in [0.25, 0.3) is 21.9 Å². The minimum Gasteiger partial charge on any atom is -0.0843 e. The number of rotatable bonds is 1. The lowest BCUT2D eigenvalue weighted by Crippen LogP contribution is -1.79. The van der Waals surface area contributed by atoms with Gasteiger partial charge in [0.1, 0.15) is 0 Å². The van der Waals surface area contributed by atoms with Crippen LogP contribution in [0.2, 0.25) is 5.02 Å². The first kappa shape index (κ1) is 10.4. The molecular formula is C16H10Cl. The van der Waals surface area contributed by atoms with Crippen LogP contribution in [0.1, 0.15) is 0 Å². The van der Waals surface area contributed by atoms with Crippen LogP contribution in [0.4, 0.5) is 0 Å². The predicted octanol–water partition coefficient (Wildman–Crippen LogP) is 4.96. The topological polar surface area (TPSA) is 0 Å². The van der Waals surface area contributed by atoms with Gasteiger partial charge in [0, 0.05) is 5.02 Å². The third-order valence-corrected chi connectivity index (χ3v) is 3.07. The molecule has 0 N–H and O–H groups in total. The summed E-state index contributed by atoms with van der Waals surface area (Å²) in [5.74, 6) is 0. The smallest absolute Gasteiger partial charge is 0.0406 e. The molecule has 3 aromatic rings. The summed E-state index contributed by atoms with van der Waals surface area (Å²) in [6, 6.07) is 23.7. The van der Waals surface area contributed by atoms with Crippen LogP contribution in [0, 0.1) is 6.07 Å². The van der Waals surface area contributed by atoms with Crippen LogP contribution < -0.4 is 0 Å². The van der Waals surface area contributed by atoms with Gasteiger partial charge in [0.05, 0.1) is 0 Å². The second kappa shape index (κ2) is 4.23. The van der Waals surface area contributed by atoms with Crippen molar-refractivity contribution in [1.29, 1.82) is 0 Å². The van der Waals surface area contributed by atoms with Crippen molar-refractivity contribution in [3.63, 3.8) is 0 Å². The summed E-state index contributed by atoms with van der Waals surface area (Å²) in [4.78, 5) is 0. The Balaban J connectivity index is 2.14. The fourth-order valence-electron chi connectivity index (χ4n) is 1.91. The van der Waals surface area contributed by atoms with Crippen molar-refractivity contribution in [2.75, 3.05) is 0 Å². The lowest BCUT2D eigenvalue weighted by molar-refractivity contribution is 1.63. The summed E-state index contributed by atoms with van der Waals surface area (Å²) in [5, 5.41) is 3.11. The van der Waals surface area contributed by atoms with Gasteiger partial charge in [0.2, 0.25) is 0 Å². The first-order valence-corrected chi connectivity index (χ1v) is 5.88. The van der Waals surface area contributed by atoms with E-state index in [1.807, 2.05) is 36.4 Å². The summed E-state index contributed by atoms with van der Waals surface area (Å²) >= 11 is 5.88. The minimum atomic E-state index is 0.759. The Labute approximate surface area is 105 Å². The lowest BCUT2D eigenvalue weighted by Gasteiger charge is -2.03. The van der Waals surface area contributed by atoms with Crippen molar-refractivity contribution in [2.24, 2.45) is 0 Å². The standard InChI is InChI=1S/C16H10Cl/c17-16-9-7-13(8-10-16)15-6-5-12-3-1-2-4-14(12)11-15/h1-10H. The van der Waals surface area contributed by atoms with E-state index >= 15 is 0 Å². The van der Waals surface area contributed by atoms with E-state index in [1.165, 1.54) is 5.39 Å². The molecule has 0 heterocycles. The molecule has 0 bridgehead atoms. The second-order valence-electron chi connectivity index (χ2n) is 3.97. The van der Waals surface area contributed by atoms with Crippen LogP contribution >= 0.6 is 11.6 Å². The molecule has 0 nitrogen and oxygen atoms in total. The molecule has 0 aromatic heterocycles. The Kier molecular flexibility index (Phi) is 2.58. The van der Waals surface area contributed by atoms with Crippen LogP contribution in [0.15, 0.2) is 60.7 Å². The average molecular weight is 238 g/mol. The number of fused-ring (bicyclic) bond motifs is 1. The quantitative estimate of drug-likeness (QED) is 0.561. The van der Waals surface area contributed by atoms with E-state index in [9.17, 15) is 0 Å². The van der Waals surface area contributed by atoms with Crippen molar-refractivity contribution >= 4 is 22.4 Å². The van der Waals surface area contributed by atoms with E-state index in [4.69, 9.17) is 11.6 Å². The van der Waals surface area contributed by atoms with Crippen LogP contribution in [-0.4, -0.2) is 0 Å². The molecule has 1 heteroatoms. The number of benzene rings is 3. The first-order valence-electron chi connectivity index (χ1n) is 5.50. The highest BCUT2D eigenvalue weighted by molar-refractivity contribution is 6.30. The van der Waals surface area contributed by atoms with Crippen molar-refractivity contribution in [3.05, 3.63) is 71.8 Å². The van der Waals surface area contributed by atoms with E-state index in [-0.39, 0.29) is 0 Å². The van der Waals surface area contributed by atoms with Crippen molar-refractivity contribution in [1.82, 2.24) is 0 Å². The Morgan fingerprint density at radius 3 is 2.35 bits per heavy atom. The summed E-state index contributed by atoms with van der Waals surface area (Å²) in [6.07, 6.45) is 0. The number of halogens is 1. The zero-order chi connectivity index (χ0) is 11.7. The molecule has 0 atom stereocenters. The molecule has 17 heavy (non-hydrogen) atoms. The highest BCUT2D eigenvalue weighted by Crippen LogP contribution is 2.24. The third kappa shape index (κ3) is 2.04. The normalized spacial score (nSPS) is 10.6. The van der Waals surface area contributed by atoms with Gasteiger partial charge in [-0.3, -0.25) is 0 Å². The maximum absolute atomic E-state index is 5.88. The van der Waals surface area contributed by atoms with Crippen molar-refractivity contribution in [2.45, 2.75) is 0 Å². The van der Waals surface area contributed by atoms with Gasteiger partial charge < -0.3 is 0 Å². The predicted molar refractivity (Wildman–Crippen MR) is 73.2 cm³/mol. The molecule has 3 rings (SSSR count). The number of hydrogen-bond acceptors (Lipinski definition) is 0. The molecule has 0 saturated carbocycles. The van der Waals surface area contributed by atoms with Crippen LogP contribution in [0.5, 0.6) is 0 Å². The zero-order valence-corrected chi connectivity index (χ0v) is 9.91. The number of hydrogen-bond donors (Lipinski definition) is 0. The van der Waals surface area contributed by atoms with Crippen LogP contribution in [-0.2, 0) is 0 Å². The summed E-state index contributed by atoms with van der Waals surface area (Å²) in [6.45, 7) is 0. The molecule has 0 aliphatic heterocycles. The van der Waals surface area contributed by atoms with Gasteiger partial charge in [-0.2, -0.15) is 0 Å². The van der Waals surface area contributed by atoms with Gasteiger partial charge in [-0.25, -0.2) is 0 Å². The van der Waals surface area contributed by atoms with Crippen molar-refractivity contribution < 1.29 is 0 Å². The largest absolute Gasteiger partial charge is 0.0843 e. The van der Waals surface area contributed by atoms with E-state index in [0.717, 1.165) is 21.5 Å². The molecule has 0 aliphatic rings. The summed E-state index contributed by atoms with van der Waals surface area (Å²) < 4.78 is 0. The Hall–Kier alpha value is -1.79. The minimum absolute atomic E-state index is 0.759. The molecule has 0 fully saturated rings. The molecule has 1 radical (unpaired) electrons. The molecule has 0 unspecified atom stereocenters. The van der Waals surface area contributed by atoms with Gasteiger partial charge in [0.25, 0.3) is 0 Å². The van der Waals surface area contributed by atoms with Gasteiger partial charge in [0.15, 0.2) is 0 Å². The SMILES string of the molecule is Clc1ccc(-c2[c]c3ccccc3cc2)cc1. The van der Waals surface area contributed by atoms with Gasteiger partial charge >= 0.3 is 0 Å². The van der Waals surface area contributed by atoms with E-state index in [1.54, 1.807) is 0 Å². The summed E-state index contributed by atoms with van der Waals surface area (Å²) in [5.41, 5.74) is 2.24. The van der Waals surface area contributed by atoms with Crippen LogP contribution in [0.3, 0.4) is 0 Å². The molecule has 81 valence electrons. The van der Waals surface area contributed by atoms with E-state index < -0.39 is 0 Å². The van der Waals surface area contributed by atoms with E-state index in [2.05, 4.69) is 30.3 Å².